The van der Waals surface area contributed by atoms with Crippen LogP contribution in [0.5, 0.6) is 0 Å². The van der Waals surface area contributed by atoms with Gasteiger partial charge in [0.05, 0.1) is 0 Å². The molecule has 3 aromatic rings. The second-order valence-electron chi connectivity index (χ2n) is 9.36. The highest BCUT2D eigenvalue weighted by Gasteiger charge is 2.49. The van der Waals surface area contributed by atoms with Crippen LogP contribution in [-0.4, -0.2) is 43.5 Å². The molecule has 3 aromatic carbocycles. The number of amides is 1. The van der Waals surface area contributed by atoms with E-state index in [2.05, 4.69) is 65.7 Å². The standard InChI is InChI=1S/C30H37N3O/c1-2-32-20-17-24-13-15-25(16-14-24)18-21-33-22-19-28(23-33)30(29(31)34,26-9-5-3-6-10-26)27-11-7-4-8-12-27/h3-16,28,32H,2,17-23H2,1H3,(H2,31,34)/t28-/m1/s1. The van der Waals surface area contributed by atoms with E-state index in [1.807, 2.05) is 36.4 Å². The lowest BCUT2D eigenvalue weighted by Gasteiger charge is -2.37. The molecule has 1 fully saturated rings. The van der Waals surface area contributed by atoms with E-state index in [1.165, 1.54) is 11.1 Å². The van der Waals surface area contributed by atoms with Crippen molar-refractivity contribution in [2.75, 3.05) is 32.7 Å². The topological polar surface area (TPSA) is 58.4 Å². The second-order valence-corrected chi connectivity index (χ2v) is 9.36. The zero-order valence-electron chi connectivity index (χ0n) is 20.2. The molecule has 0 unspecified atom stereocenters. The predicted molar refractivity (Wildman–Crippen MR) is 140 cm³/mol. The summed E-state index contributed by atoms with van der Waals surface area (Å²) in [7, 11) is 0. The molecule has 1 atom stereocenters. The number of carbonyl (C=O) groups is 1. The van der Waals surface area contributed by atoms with Crippen LogP contribution in [0, 0.1) is 5.92 Å². The van der Waals surface area contributed by atoms with Gasteiger partial charge in [0.15, 0.2) is 0 Å². The number of hydrogen-bond acceptors (Lipinski definition) is 3. The van der Waals surface area contributed by atoms with Crippen molar-refractivity contribution in [2.24, 2.45) is 11.7 Å². The summed E-state index contributed by atoms with van der Waals surface area (Å²) in [5.41, 5.74) is 10.1. The molecule has 34 heavy (non-hydrogen) atoms. The number of hydrogen-bond donors (Lipinski definition) is 2. The van der Waals surface area contributed by atoms with Crippen LogP contribution in [0.3, 0.4) is 0 Å². The van der Waals surface area contributed by atoms with E-state index in [4.69, 9.17) is 5.73 Å². The van der Waals surface area contributed by atoms with Crippen LogP contribution in [-0.2, 0) is 23.1 Å². The smallest absolute Gasteiger partial charge is 0.232 e. The van der Waals surface area contributed by atoms with E-state index < -0.39 is 5.41 Å². The Morgan fingerprint density at radius 1 is 0.912 bits per heavy atom. The molecular weight excluding hydrogens is 418 g/mol. The third-order valence-electron chi connectivity index (χ3n) is 7.31. The summed E-state index contributed by atoms with van der Waals surface area (Å²) in [6.07, 6.45) is 3.03. The van der Waals surface area contributed by atoms with E-state index in [9.17, 15) is 4.79 Å². The Hall–Kier alpha value is -2.95. The first-order chi connectivity index (χ1) is 16.6. The fraction of sp³-hybridized carbons (Fsp3) is 0.367. The van der Waals surface area contributed by atoms with Gasteiger partial charge in [-0.05, 0) is 67.1 Å². The average Bonchev–Trinajstić information content (AvgIpc) is 3.34. The number of nitrogens with zero attached hydrogens (tertiary/aromatic N) is 1. The SMILES string of the molecule is CCNCCc1ccc(CCN2CC[C@@H](C(C(N)=O)(c3ccccc3)c3ccccc3)C2)cc1. The molecule has 1 heterocycles. The van der Waals surface area contributed by atoms with Crippen molar-refractivity contribution in [1.82, 2.24) is 10.2 Å². The maximum Gasteiger partial charge on any atom is 0.232 e. The van der Waals surface area contributed by atoms with Crippen molar-refractivity contribution in [1.29, 1.82) is 0 Å². The molecule has 0 saturated carbocycles. The minimum Gasteiger partial charge on any atom is -0.369 e. The van der Waals surface area contributed by atoms with E-state index >= 15 is 0 Å². The first-order valence-electron chi connectivity index (χ1n) is 12.6. The van der Waals surface area contributed by atoms with E-state index in [0.29, 0.717) is 0 Å². The third-order valence-corrected chi connectivity index (χ3v) is 7.31. The highest BCUT2D eigenvalue weighted by atomic mass is 16.1. The summed E-state index contributed by atoms with van der Waals surface area (Å²) >= 11 is 0. The van der Waals surface area contributed by atoms with Gasteiger partial charge in [0, 0.05) is 13.1 Å². The Morgan fingerprint density at radius 3 is 2.00 bits per heavy atom. The maximum absolute atomic E-state index is 13.2. The molecule has 0 aromatic heterocycles. The molecule has 4 nitrogen and oxygen atoms in total. The van der Waals surface area contributed by atoms with Gasteiger partial charge >= 0.3 is 0 Å². The summed E-state index contributed by atoms with van der Waals surface area (Å²) in [6, 6.07) is 29.2. The molecular formula is C30H37N3O. The third kappa shape index (κ3) is 5.24. The highest BCUT2D eigenvalue weighted by molar-refractivity contribution is 5.91. The summed E-state index contributed by atoms with van der Waals surface area (Å²) in [6.45, 7) is 7.02. The molecule has 0 bridgehead atoms. The van der Waals surface area contributed by atoms with Gasteiger partial charge in [-0.15, -0.1) is 0 Å². The van der Waals surface area contributed by atoms with Crippen LogP contribution < -0.4 is 11.1 Å². The molecule has 1 amide bonds. The molecule has 0 aliphatic carbocycles. The first kappa shape index (κ1) is 24.2. The summed E-state index contributed by atoms with van der Waals surface area (Å²) in [5, 5.41) is 3.38. The van der Waals surface area contributed by atoms with Crippen LogP contribution in [0.15, 0.2) is 84.9 Å². The molecule has 0 spiro atoms. The van der Waals surface area contributed by atoms with Gasteiger partial charge in [0.2, 0.25) is 5.91 Å². The second kappa shape index (κ2) is 11.5. The monoisotopic (exact) mass is 455 g/mol. The summed E-state index contributed by atoms with van der Waals surface area (Å²) < 4.78 is 0. The largest absolute Gasteiger partial charge is 0.369 e. The van der Waals surface area contributed by atoms with Crippen molar-refractivity contribution < 1.29 is 4.79 Å². The van der Waals surface area contributed by atoms with Gasteiger partial charge in [-0.25, -0.2) is 0 Å². The van der Waals surface area contributed by atoms with Crippen LogP contribution in [0.2, 0.25) is 0 Å². The quantitative estimate of drug-likeness (QED) is 0.427. The molecule has 0 radical (unpaired) electrons. The molecule has 3 N–H and O–H groups in total. The van der Waals surface area contributed by atoms with Crippen LogP contribution in [0.25, 0.3) is 0 Å². The van der Waals surface area contributed by atoms with Crippen LogP contribution in [0.4, 0.5) is 0 Å². The Balaban J connectivity index is 1.47. The van der Waals surface area contributed by atoms with E-state index in [1.54, 1.807) is 0 Å². The number of carbonyl (C=O) groups excluding carboxylic acids is 1. The summed E-state index contributed by atoms with van der Waals surface area (Å²) in [5.74, 6) is -0.117. The average molecular weight is 456 g/mol. The zero-order chi connectivity index (χ0) is 23.8. The molecule has 4 heteroatoms. The lowest BCUT2D eigenvalue weighted by Crippen LogP contribution is -2.49. The number of benzene rings is 3. The Bertz CT molecular complexity index is 994. The highest BCUT2D eigenvalue weighted by Crippen LogP contribution is 2.43. The molecule has 1 aliphatic heterocycles. The minimum absolute atomic E-state index is 0.142. The van der Waals surface area contributed by atoms with Gasteiger partial charge in [0.25, 0.3) is 0 Å². The van der Waals surface area contributed by atoms with Gasteiger partial charge in [-0.2, -0.15) is 0 Å². The lowest BCUT2D eigenvalue weighted by atomic mass is 9.64. The van der Waals surface area contributed by atoms with Crippen molar-refractivity contribution in [3.8, 4) is 0 Å². The number of rotatable bonds is 11. The molecule has 1 aliphatic rings. The number of nitrogens with one attached hydrogen (secondary N) is 1. The van der Waals surface area contributed by atoms with E-state index in [-0.39, 0.29) is 11.8 Å². The Labute approximate surface area is 204 Å². The Morgan fingerprint density at radius 2 is 1.47 bits per heavy atom. The van der Waals surface area contributed by atoms with Gasteiger partial charge in [0.1, 0.15) is 5.41 Å². The molecule has 4 rings (SSSR count). The van der Waals surface area contributed by atoms with E-state index in [0.717, 1.165) is 63.1 Å². The van der Waals surface area contributed by atoms with Gasteiger partial charge < -0.3 is 16.0 Å². The van der Waals surface area contributed by atoms with Gasteiger partial charge in [-0.1, -0.05) is 91.9 Å². The van der Waals surface area contributed by atoms with Crippen LogP contribution >= 0.6 is 0 Å². The predicted octanol–water partition coefficient (Wildman–Crippen LogP) is 4.17. The fourth-order valence-electron chi connectivity index (χ4n) is 5.48. The normalized spacial score (nSPS) is 16.6. The zero-order valence-corrected chi connectivity index (χ0v) is 20.2. The lowest BCUT2D eigenvalue weighted by molar-refractivity contribution is -0.123. The van der Waals surface area contributed by atoms with Crippen molar-refractivity contribution in [2.45, 2.75) is 31.6 Å². The first-order valence-corrected chi connectivity index (χ1v) is 12.6. The van der Waals surface area contributed by atoms with Crippen molar-refractivity contribution in [3.63, 3.8) is 0 Å². The molecule has 1 saturated heterocycles. The number of nitrogens with two attached hydrogens (primary N) is 1. The number of primary amides is 1. The van der Waals surface area contributed by atoms with Gasteiger partial charge in [-0.3, -0.25) is 4.79 Å². The maximum atomic E-state index is 13.2. The fourth-order valence-corrected chi connectivity index (χ4v) is 5.48. The Kier molecular flexibility index (Phi) is 8.15. The number of likely N-dealkylation sites (tertiary alicyclic amines) is 1. The van der Waals surface area contributed by atoms with Crippen molar-refractivity contribution in [3.05, 3.63) is 107 Å². The minimum atomic E-state index is -0.814. The molecule has 178 valence electrons. The van der Waals surface area contributed by atoms with Crippen LogP contribution in [0.1, 0.15) is 35.6 Å². The summed E-state index contributed by atoms with van der Waals surface area (Å²) in [4.78, 5) is 15.7. The number of likely N-dealkylation sites (N-methyl/N-ethyl adjacent to an activating group) is 1. The van der Waals surface area contributed by atoms with Crippen molar-refractivity contribution >= 4 is 5.91 Å².